The molecule has 0 unspecified atom stereocenters. The molecule has 238 valence electrons. The first-order valence-electron chi connectivity index (χ1n) is 17.1. The average Bonchev–Trinajstić information content (AvgIpc) is 3.87. The van der Waals surface area contributed by atoms with Crippen LogP contribution in [0.5, 0.6) is 0 Å². The van der Waals surface area contributed by atoms with Gasteiger partial charge in [-0.25, -0.2) is 9.97 Å². The standard InChI is InChI=1S/C46H27N3OS/c1-3-12-28(13-4-1)37-27-38(48-46(47-37)29-22-23-32-31-16-8-10-21-41(31)50-42(32)26-29)35-19-11-18-33-34-24-25-40-43(45(34)51-44(33)35)36-17-7-9-20-39(36)49(40)30-14-5-2-6-15-30/h1-27H. The first-order valence-corrected chi connectivity index (χ1v) is 17.9. The van der Waals surface area contributed by atoms with E-state index in [1.165, 1.54) is 42.0 Å². The molecular formula is C46H27N3OS. The molecule has 0 aliphatic rings. The number of furan rings is 1. The minimum absolute atomic E-state index is 0.667. The number of fused-ring (bicyclic) bond motifs is 10. The van der Waals surface area contributed by atoms with Crippen LogP contribution in [-0.4, -0.2) is 14.5 Å². The summed E-state index contributed by atoms with van der Waals surface area (Å²) >= 11 is 1.85. The number of benzene rings is 7. The highest BCUT2D eigenvalue weighted by atomic mass is 32.1. The Kier molecular flexibility index (Phi) is 6.09. The molecule has 0 amide bonds. The summed E-state index contributed by atoms with van der Waals surface area (Å²) in [5.74, 6) is 0.667. The molecule has 0 atom stereocenters. The third kappa shape index (κ3) is 4.32. The molecule has 0 fully saturated rings. The van der Waals surface area contributed by atoms with Gasteiger partial charge in [-0.15, -0.1) is 11.3 Å². The third-order valence-corrected chi connectivity index (χ3v) is 11.3. The van der Waals surface area contributed by atoms with Gasteiger partial charge in [0, 0.05) is 64.1 Å². The lowest BCUT2D eigenvalue weighted by Crippen LogP contribution is -1.96. The molecule has 51 heavy (non-hydrogen) atoms. The van der Waals surface area contributed by atoms with Crippen molar-refractivity contribution in [2.75, 3.05) is 0 Å². The van der Waals surface area contributed by atoms with Gasteiger partial charge in [-0.3, -0.25) is 0 Å². The highest BCUT2D eigenvalue weighted by Crippen LogP contribution is 2.46. The van der Waals surface area contributed by atoms with Crippen LogP contribution in [0.1, 0.15) is 0 Å². The fourth-order valence-electron chi connectivity index (χ4n) is 7.70. The second-order valence-corrected chi connectivity index (χ2v) is 14.0. The Balaban J connectivity index is 1.16. The fraction of sp³-hybridized carbons (Fsp3) is 0. The quantitative estimate of drug-likeness (QED) is 0.187. The van der Waals surface area contributed by atoms with Crippen LogP contribution < -0.4 is 0 Å². The van der Waals surface area contributed by atoms with Gasteiger partial charge in [0.25, 0.3) is 0 Å². The summed E-state index contributed by atoms with van der Waals surface area (Å²) < 4.78 is 11.2. The molecule has 0 spiro atoms. The zero-order valence-electron chi connectivity index (χ0n) is 27.2. The molecule has 0 N–H and O–H groups in total. The van der Waals surface area contributed by atoms with Crippen LogP contribution in [0.15, 0.2) is 168 Å². The van der Waals surface area contributed by atoms with E-state index >= 15 is 0 Å². The number of para-hydroxylation sites is 3. The number of nitrogens with zero attached hydrogens (tertiary/aromatic N) is 3. The SMILES string of the molecule is c1ccc(-c2cc(-c3cccc4c3sc3c4ccc4c3c3ccccc3n4-c3ccccc3)nc(-c3ccc4c(c3)oc3ccccc34)n2)cc1. The number of hydrogen-bond donors (Lipinski definition) is 0. The zero-order chi connectivity index (χ0) is 33.5. The molecule has 11 rings (SSSR count). The van der Waals surface area contributed by atoms with Crippen LogP contribution >= 0.6 is 11.3 Å². The molecule has 0 aliphatic heterocycles. The van der Waals surface area contributed by atoms with E-state index in [0.717, 1.165) is 55.7 Å². The Labute approximate surface area is 296 Å². The summed E-state index contributed by atoms with van der Waals surface area (Å²) in [4.78, 5) is 10.4. The van der Waals surface area contributed by atoms with Crippen molar-refractivity contribution in [3.8, 4) is 39.6 Å². The minimum atomic E-state index is 0.667. The van der Waals surface area contributed by atoms with E-state index in [1.807, 2.05) is 35.6 Å². The molecule has 0 aliphatic carbocycles. The van der Waals surface area contributed by atoms with Crippen LogP contribution in [0.4, 0.5) is 0 Å². The average molecular weight is 670 g/mol. The van der Waals surface area contributed by atoms with Crippen LogP contribution in [0.2, 0.25) is 0 Å². The predicted octanol–water partition coefficient (Wildman–Crippen LogP) is 12.8. The number of aromatic nitrogens is 3. The fourth-order valence-corrected chi connectivity index (χ4v) is 9.08. The minimum Gasteiger partial charge on any atom is -0.456 e. The zero-order valence-corrected chi connectivity index (χ0v) is 28.1. The maximum absolute atomic E-state index is 6.28. The van der Waals surface area contributed by atoms with Crippen LogP contribution in [0, 0.1) is 0 Å². The van der Waals surface area contributed by atoms with Crippen molar-refractivity contribution in [2.24, 2.45) is 0 Å². The van der Waals surface area contributed by atoms with Crippen molar-refractivity contribution in [1.29, 1.82) is 0 Å². The molecule has 5 heteroatoms. The Morgan fingerprint density at radius 3 is 2.02 bits per heavy atom. The van der Waals surface area contributed by atoms with Crippen molar-refractivity contribution in [3.63, 3.8) is 0 Å². The van der Waals surface area contributed by atoms with Gasteiger partial charge in [0.2, 0.25) is 0 Å². The van der Waals surface area contributed by atoms with E-state index in [9.17, 15) is 0 Å². The molecular weight excluding hydrogens is 643 g/mol. The van der Waals surface area contributed by atoms with Crippen LogP contribution in [0.3, 0.4) is 0 Å². The number of hydrogen-bond acceptors (Lipinski definition) is 4. The maximum Gasteiger partial charge on any atom is 0.160 e. The summed E-state index contributed by atoms with van der Waals surface area (Å²) in [6.45, 7) is 0. The van der Waals surface area contributed by atoms with Crippen molar-refractivity contribution in [1.82, 2.24) is 14.5 Å². The van der Waals surface area contributed by atoms with Gasteiger partial charge in [-0.2, -0.15) is 0 Å². The molecule has 0 bridgehead atoms. The van der Waals surface area contributed by atoms with Gasteiger partial charge in [0.05, 0.1) is 22.4 Å². The Morgan fingerprint density at radius 1 is 0.451 bits per heavy atom. The maximum atomic E-state index is 6.28. The largest absolute Gasteiger partial charge is 0.456 e. The van der Waals surface area contributed by atoms with Crippen molar-refractivity contribution >= 4 is 75.3 Å². The molecule has 7 aromatic carbocycles. The highest BCUT2D eigenvalue weighted by Gasteiger charge is 2.20. The van der Waals surface area contributed by atoms with Crippen molar-refractivity contribution in [3.05, 3.63) is 164 Å². The van der Waals surface area contributed by atoms with Gasteiger partial charge in [0.1, 0.15) is 11.2 Å². The Hall–Kier alpha value is -6.56. The molecule has 0 radical (unpaired) electrons. The normalized spacial score (nSPS) is 11.9. The van der Waals surface area contributed by atoms with E-state index in [0.29, 0.717) is 5.82 Å². The molecule has 0 saturated heterocycles. The van der Waals surface area contributed by atoms with Gasteiger partial charge < -0.3 is 8.98 Å². The summed E-state index contributed by atoms with van der Waals surface area (Å²) in [5.41, 5.74) is 10.1. The third-order valence-electron chi connectivity index (χ3n) is 10.0. The predicted molar refractivity (Wildman–Crippen MR) is 213 cm³/mol. The van der Waals surface area contributed by atoms with E-state index in [-0.39, 0.29) is 0 Å². The van der Waals surface area contributed by atoms with Crippen LogP contribution in [0.25, 0.3) is 104 Å². The smallest absolute Gasteiger partial charge is 0.160 e. The second kappa shape index (κ2) is 11.0. The topological polar surface area (TPSA) is 43.9 Å². The van der Waals surface area contributed by atoms with Gasteiger partial charge in [-0.05, 0) is 48.5 Å². The molecule has 11 aromatic rings. The monoisotopic (exact) mass is 669 g/mol. The van der Waals surface area contributed by atoms with Crippen molar-refractivity contribution < 1.29 is 4.42 Å². The van der Waals surface area contributed by atoms with Crippen molar-refractivity contribution in [2.45, 2.75) is 0 Å². The second-order valence-electron chi connectivity index (χ2n) is 12.9. The summed E-state index contributed by atoms with van der Waals surface area (Å²) in [7, 11) is 0. The molecule has 4 nitrogen and oxygen atoms in total. The van der Waals surface area contributed by atoms with Crippen LogP contribution in [-0.2, 0) is 0 Å². The number of rotatable bonds is 4. The number of thiophene rings is 1. The lowest BCUT2D eigenvalue weighted by Gasteiger charge is -2.10. The van der Waals surface area contributed by atoms with E-state index < -0.39 is 0 Å². The van der Waals surface area contributed by atoms with E-state index in [2.05, 4.69) is 144 Å². The highest BCUT2D eigenvalue weighted by molar-refractivity contribution is 7.27. The van der Waals surface area contributed by atoms with Gasteiger partial charge in [-0.1, -0.05) is 115 Å². The Bertz CT molecular complexity index is 3140. The lowest BCUT2D eigenvalue weighted by molar-refractivity contribution is 0.669. The summed E-state index contributed by atoms with van der Waals surface area (Å²) in [6.07, 6.45) is 0. The molecule has 0 saturated carbocycles. The van der Waals surface area contributed by atoms with Gasteiger partial charge >= 0.3 is 0 Å². The first kappa shape index (κ1) is 28.3. The van der Waals surface area contributed by atoms with E-state index in [4.69, 9.17) is 14.4 Å². The Morgan fingerprint density at radius 2 is 1.14 bits per heavy atom. The summed E-state index contributed by atoms with van der Waals surface area (Å²) in [5, 5.41) is 7.22. The van der Waals surface area contributed by atoms with E-state index in [1.54, 1.807) is 0 Å². The van der Waals surface area contributed by atoms with Gasteiger partial charge in [0.15, 0.2) is 5.82 Å². The first-order chi connectivity index (χ1) is 25.3. The molecule has 4 heterocycles. The lowest BCUT2D eigenvalue weighted by atomic mass is 10.0. The molecule has 4 aromatic heterocycles. The summed E-state index contributed by atoms with van der Waals surface area (Å²) in [6, 6.07) is 57.6.